The zero-order valence-corrected chi connectivity index (χ0v) is 19.4. The van der Waals surface area contributed by atoms with Gasteiger partial charge >= 0.3 is 0 Å². The van der Waals surface area contributed by atoms with Crippen LogP contribution >= 0.6 is 0 Å². The van der Waals surface area contributed by atoms with Gasteiger partial charge in [-0.3, -0.25) is 4.79 Å². The van der Waals surface area contributed by atoms with E-state index in [0.717, 1.165) is 53.7 Å². The molecular formula is C26H32N6O. The molecule has 2 N–H and O–H groups in total. The van der Waals surface area contributed by atoms with Crippen molar-refractivity contribution in [3.05, 3.63) is 77.7 Å². The summed E-state index contributed by atoms with van der Waals surface area (Å²) in [6.45, 7) is 5.51. The van der Waals surface area contributed by atoms with E-state index >= 15 is 0 Å². The number of benzene rings is 2. The second-order valence-corrected chi connectivity index (χ2v) is 8.32. The highest BCUT2D eigenvalue weighted by Gasteiger charge is 2.21. The van der Waals surface area contributed by atoms with Crippen molar-refractivity contribution in [3.8, 4) is 11.3 Å². The topological polar surface area (TPSA) is 76.6 Å². The van der Waals surface area contributed by atoms with Crippen LogP contribution in [0.3, 0.4) is 0 Å². The van der Waals surface area contributed by atoms with Crippen LogP contribution in [0.15, 0.2) is 65.8 Å². The van der Waals surface area contributed by atoms with Crippen molar-refractivity contribution in [2.75, 3.05) is 20.1 Å². The lowest BCUT2D eigenvalue weighted by molar-refractivity contribution is -0.128. The Bertz CT molecular complexity index is 1090. The zero-order chi connectivity index (χ0) is 23.0. The van der Waals surface area contributed by atoms with Crippen molar-refractivity contribution in [2.45, 2.75) is 39.4 Å². The molecule has 0 atom stereocenters. The molecule has 1 amide bonds. The molecule has 0 unspecified atom stereocenters. The minimum atomic E-state index is 0.245. The van der Waals surface area contributed by atoms with Crippen molar-refractivity contribution in [1.82, 2.24) is 25.1 Å². The Morgan fingerprint density at radius 1 is 1.15 bits per heavy atom. The van der Waals surface area contributed by atoms with E-state index in [1.54, 1.807) is 0 Å². The van der Waals surface area contributed by atoms with E-state index in [2.05, 4.69) is 51.4 Å². The van der Waals surface area contributed by atoms with E-state index < -0.39 is 0 Å². The van der Waals surface area contributed by atoms with E-state index in [1.807, 2.05) is 48.5 Å². The first kappa shape index (κ1) is 22.6. The summed E-state index contributed by atoms with van der Waals surface area (Å²) >= 11 is 0. The van der Waals surface area contributed by atoms with Gasteiger partial charge in [-0.15, -0.1) is 0 Å². The number of aliphatic imine (C=N–C) groups is 1. The highest BCUT2D eigenvalue weighted by atomic mass is 16.2. The molecule has 7 nitrogen and oxygen atoms in total. The fourth-order valence-electron chi connectivity index (χ4n) is 4.08. The van der Waals surface area contributed by atoms with Crippen LogP contribution < -0.4 is 5.32 Å². The molecular weight excluding hydrogens is 412 g/mol. The summed E-state index contributed by atoms with van der Waals surface area (Å²) in [4.78, 5) is 28.9. The highest BCUT2D eigenvalue weighted by molar-refractivity contribution is 5.80. The van der Waals surface area contributed by atoms with Crippen molar-refractivity contribution >= 4 is 11.9 Å². The van der Waals surface area contributed by atoms with Crippen LogP contribution in [0.2, 0.25) is 0 Å². The number of aromatic amines is 1. The number of carbonyl (C=O) groups excluding carboxylic acids is 1. The summed E-state index contributed by atoms with van der Waals surface area (Å²) in [7, 11) is 2.01. The van der Waals surface area contributed by atoms with E-state index in [9.17, 15) is 4.79 Å². The normalized spacial score (nSPS) is 14.1. The number of aromatic nitrogens is 2. The van der Waals surface area contributed by atoms with Crippen molar-refractivity contribution in [2.24, 2.45) is 4.99 Å². The summed E-state index contributed by atoms with van der Waals surface area (Å²) in [6, 6.07) is 18.5. The Morgan fingerprint density at radius 2 is 1.91 bits per heavy atom. The predicted octanol–water partition coefficient (Wildman–Crippen LogP) is 3.80. The monoisotopic (exact) mass is 444 g/mol. The summed E-state index contributed by atoms with van der Waals surface area (Å²) in [5, 5.41) is 3.38. The largest absolute Gasteiger partial charge is 0.357 e. The number of nitrogens with one attached hydrogen (secondary N) is 2. The number of hydrogen-bond donors (Lipinski definition) is 2. The Labute approximate surface area is 195 Å². The van der Waals surface area contributed by atoms with Crippen LogP contribution in [0, 0.1) is 0 Å². The maximum atomic E-state index is 12.1. The molecule has 0 spiro atoms. The van der Waals surface area contributed by atoms with E-state index in [4.69, 9.17) is 4.99 Å². The molecule has 2 heterocycles. The first-order valence-electron chi connectivity index (χ1n) is 11.6. The summed E-state index contributed by atoms with van der Waals surface area (Å²) in [6.07, 6.45) is 3.49. The van der Waals surface area contributed by atoms with Gasteiger partial charge in [-0.1, -0.05) is 54.6 Å². The van der Waals surface area contributed by atoms with Gasteiger partial charge in [0.05, 0.1) is 25.0 Å². The molecule has 0 aliphatic carbocycles. The average Bonchev–Trinajstić information content (AvgIpc) is 3.47. The van der Waals surface area contributed by atoms with Crippen molar-refractivity contribution in [3.63, 3.8) is 0 Å². The number of rotatable bonds is 8. The molecule has 1 saturated heterocycles. The quantitative estimate of drug-likeness (QED) is 0.409. The van der Waals surface area contributed by atoms with E-state index in [-0.39, 0.29) is 5.91 Å². The zero-order valence-electron chi connectivity index (χ0n) is 19.4. The van der Waals surface area contributed by atoms with Gasteiger partial charge in [0.2, 0.25) is 5.91 Å². The molecule has 7 heteroatoms. The van der Waals surface area contributed by atoms with Gasteiger partial charge < -0.3 is 20.1 Å². The maximum absolute atomic E-state index is 12.1. The number of nitrogens with zero attached hydrogens (tertiary/aromatic N) is 4. The van der Waals surface area contributed by atoms with E-state index in [0.29, 0.717) is 26.1 Å². The number of guanidine groups is 1. The average molecular weight is 445 g/mol. The molecule has 172 valence electrons. The Morgan fingerprint density at radius 3 is 2.64 bits per heavy atom. The molecule has 1 aromatic heterocycles. The molecule has 0 bridgehead atoms. The molecule has 1 aliphatic heterocycles. The van der Waals surface area contributed by atoms with Crippen LogP contribution in [-0.4, -0.2) is 51.8 Å². The van der Waals surface area contributed by atoms with E-state index in [1.165, 1.54) is 0 Å². The highest BCUT2D eigenvalue weighted by Crippen LogP contribution is 2.19. The minimum Gasteiger partial charge on any atom is -0.357 e. The molecule has 4 rings (SSSR count). The van der Waals surface area contributed by atoms with Gasteiger partial charge in [0.15, 0.2) is 5.96 Å². The van der Waals surface area contributed by atoms with Gasteiger partial charge in [-0.2, -0.15) is 0 Å². The lowest BCUT2D eigenvalue weighted by atomic mass is 10.1. The number of amides is 1. The third kappa shape index (κ3) is 5.80. The Hall–Kier alpha value is -3.61. The summed E-state index contributed by atoms with van der Waals surface area (Å²) in [5.74, 6) is 1.95. The fraction of sp³-hybridized carbons (Fsp3) is 0.346. The van der Waals surface area contributed by atoms with Gasteiger partial charge in [0.25, 0.3) is 0 Å². The second-order valence-electron chi connectivity index (χ2n) is 8.32. The number of H-pyrrole nitrogens is 1. The SMILES string of the molecule is CCNC(=NCc1ccccc1CN1CCCC1=O)N(C)Cc1ncc(-c2ccccc2)[nH]1. The smallest absolute Gasteiger partial charge is 0.222 e. The predicted molar refractivity (Wildman–Crippen MR) is 131 cm³/mol. The lowest BCUT2D eigenvalue weighted by Gasteiger charge is -2.22. The number of hydrogen-bond acceptors (Lipinski definition) is 3. The van der Waals surface area contributed by atoms with Gasteiger partial charge in [-0.25, -0.2) is 9.98 Å². The molecule has 0 radical (unpaired) electrons. The third-order valence-corrected chi connectivity index (χ3v) is 5.85. The van der Waals surface area contributed by atoms with Crippen LogP contribution in [0.4, 0.5) is 0 Å². The fourth-order valence-corrected chi connectivity index (χ4v) is 4.08. The van der Waals surface area contributed by atoms with Crippen LogP contribution in [-0.2, 0) is 24.4 Å². The third-order valence-electron chi connectivity index (χ3n) is 5.85. The first-order chi connectivity index (χ1) is 16.1. The summed E-state index contributed by atoms with van der Waals surface area (Å²) < 4.78 is 0. The van der Waals surface area contributed by atoms with Gasteiger partial charge in [-0.05, 0) is 30.0 Å². The molecule has 2 aromatic carbocycles. The van der Waals surface area contributed by atoms with Gasteiger partial charge in [0.1, 0.15) is 5.82 Å². The van der Waals surface area contributed by atoms with Crippen LogP contribution in [0.5, 0.6) is 0 Å². The molecule has 33 heavy (non-hydrogen) atoms. The Kier molecular flexibility index (Phi) is 7.40. The maximum Gasteiger partial charge on any atom is 0.222 e. The number of imidazole rings is 1. The molecule has 1 aliphatic rings. The number of likely N-dealkylation sites (tertiary alicyclic amines) is 1. The summed E-state index contributed by atoms with van der Waals surface area (Å²) in [5.41, 5.74) is 4.43. The van der Waals surface area contributed by atoms with Gasteiger partial charge in [0, 0.05) is 33.1 Å². The second kappa shape index (κ2) is 10.8. The van der Waals surface area contributed by atoms with Crippen molar-refractivity contribution in [1.29, 1.82) is 0 Å². The van der Waals surface area contributed by atoms with Crippen molar-refractivity contribution < 1.29 is 4.79 Å². The Balaban J connectivity index is 1.44. The molecule has 0 saturated carbocycles. The molecule has 1 fully saturated rings. The van der Waals surface area contributed by atoms with Crippen LogP contribution in [0.25, 0.3) is 11.3 Å². The standard InChI is InChI=1S/C26H32N6O/c1-3-27-26(31(2)19-24-28-17-23(30-24)20-10-5-4-6-11-20)29-16-21-12-7-8-13-22(21)18-32-15-9-14-25(32)33/h4-8,10-13,17H,3,9,14-16,18-19H2,1-2H3,(H,27,29)(H,28,30). The van der Waals surface area contributed by atoms with Crippen LogP contribution in [0.1, 0.15) is 36.7 Å². The first-order valence-corrected chi connectivity index (χ1v) is 11.6. The lowest BCUT2D eigenvalue weighted by Crippen LogP contribution is -2.38. The minimum absolute atomic E-state index is 0.245. The molecule has 3 aromatic rings. The number of carbonyl (C=O) groups is 1.